The molecule has 7 nitrogen and oxygen atoms in total. The van der Waals surface area contributed by atoms with Crippen LogP contribution in [0.25, 0.3) is 0 Å². The minimum absolute atomic E-state index is 0.122. The van der Waals surface area contributed by atoms with Gasteiger partial charge in [-0.25, -0.2) is 9.36 Å². The molecule has 8 heteroatoms. The largest absolute Gasteiger partial charge is 0.512 e. The van der Waals surface area contributed by atoms with Gasteiger partial charge in [-0.05, 0) is 13.0 Å². The quantitative estimate of drug-likeness (QED) is 0.599. The molecule has 1 unspecified atom stereocenters. The minimum atomic E-state index is -3.96. The molecule has 1 rings (SSSR count). The Labute approximate surface area is 93.9 Å². The van der Waals surface area contributed by atoms with Crippen LogP contribution in [0.1, 0.15) is 6.42 Å². The van der Waals surface area contributed by atoms with E-state index in [0.717, 1.165) is 26.2 Å². The summed E-state index contributed by atoms with van der Waals surface area (Å²) in [4.78, 5) is 21.4. The zero-order chi connectivity index (χ0) is 12.0. The minimum Gasteiger partial charge on any atom is -0.449 e. The van der Waals surface area contributed by atoms with Crippen molar-refractivity contribution in [1.82, 2.24) is 10.2 Å². The van der Waals surface area contributed by atoms with Crippen LogP contribution in [0.4, 0.5) is 4.79 Å². The Balaban J connectivity index is 2.18. The fourth-order valence-electron chi connectivity index (χ4n) is 1.60. The average Bonchev–Trinajstić information content (AvgIpc) is 2.16. The standard InChI is InChI=1S/C8H17N2O5P/c11-8(12)15-16(13,14)7-1-4-10-5-2-9-3-6-10/h9H,1-7H2,(H,11,12)(H,13,14). The maximum absolute atomic E-state index is 11.2. The second-order valence-electron chi connectivity index (χ2n) is 3.66. The average molecular weight is 252 g/mol. The first-order chi connectivity index (χ1) is 7.49. The predicted molar refractivity (Wildman–Crippen MR) is 57.7 cm³/mol. The van der Waals surface area contributed by atoms with Gasteiger partial charge in [-0.1, -0.05) is 0 Å². The molecule has 1 fully saturated rings. The molecule has 0 amide bonds. The summed E-state index contributed by atoms with van der Waals surface area (Å²) >= 11 is 0. The van der Waals surface area contributed by atoms with Gasteiger partial charge in [-0.3, -0.25) is 0 Å². The summed E-state index contributed by atoms with van der Waals surface area (Å²) in [6.45, 7) is 4.35. The van der Waals surface area contributed by atoms with Crippen molar-refractivity contribution in [3.8, 4) is 0 Å². The fraction of sp³-hybridized carbons (Fsp3) is 0.875. The summed E-state index contributed by atoms with van der Waals surface area (Å²) < 4.78 is 15.1. The van der Waals surface area contributed by atoms with E-state index < -0.39 is 13.8 Å². The van der Waals surface area contributed by atoms with Crippen LogP contribution in [-0.2, 0) is 9.09 Å². The van der Waals surface area contributed by atoms with Crippen molar-refractivity contribution in [3.05, 3.63) is 0 Å². The van der Waals surface area contributed by atoms with Gasteiger partial charge in [-0.15, -0.1) is 0 Å². The Kier molecular flexibility index (Phi) is 5.21. The third-order valence-electron chi connectivity index (χ3n) is 2.35. The van der Waals surface area contributed by atoms with Gasteiger partial charge in [0.15, 0.2) is 0 Å². The first-order valence-corrected chi connectivity index (χ1v) is 6.93. The van der Waals surface area contributed by atoms with E-state index in [-0.39, 0.29) is 6.16 Å². The van der Waals surface area contributed by atoms with E-state index in [1.807, 2.05) is 0 Å². The number of hydrogen-bond acceptors (Lipinski definition) is 5. The van der Waals surface area contributed by atoms with Crippen molar-refractivity contribution < 1.29 is 23.9 Å². The zero-order valence-electron chi connectivity index (χ0n) is 8.96. The summed E-state index contributed by atoms with van der Waals surface area (Å²) in [6.07, 6.45) is -1.36. The van der Waals surface area contributed by atoms with E-state index in [1.54, 1.807) is 0 Å². The zero-order valence-corrected chi connectivity index (χ0v) is 9.86. The molecular weight excluding hydrogens is 235 g/mol. The van der Waals surface area contributed by atoms with Crippen molar-refractivity contribution in [1.29, 1.82) is 0 Å². The van der Waals surface area contributed by atoms with E-state index in [2.05, 4.69) is 14.7 Å². The maximum Gasteiger partial charge on any atom is 0.512 e. The van der Waals surface area contributed by atoms with E-state index in [9.17, 15) is 9.36 Å². The molecule has 0 saturated carbocycles. The van der Waals surface area contributed by atoms with Crippen molar-refractivity contribution in [3.63, 3.8) is 0 Å². The van der Waals surface area contributed by atoms with Crippen molar-refractivity contribution in [2.45, 2.75) is 6.42 Å². The van der Waals surface area contributed by atoms with E-state index in [0.29, 0.717) is 13.0 Å². The Hall–Kier alpha value is -0.620. The molecule has 0 bridgehead atoms. The van der Waals surface area contributed by atoms with Gasteiger partial charge >= 0.3 is 13.8 Å². The Morgan fingerprint density at radius 3 is 2.62 bits per heavy atom. The molecule has 0 aromatic heterocycles. The lowest BCUT2D eigenvalue weighted by atomic mass is 10.3. The number of rotatable bonds is 5. The second-order valence-corrected chi connectivity index (χ2v) is 5.57. The van der Waals surface area contributed by atoms with E-state index in [1.165, 1.54) is 0 Å². The molecule has 0 aliphatic carbocycles. The molecule has 0 aromatic rings. The van der Waals surface area contributed by atoms with Crippen molar-refractivity contribution >= 4 is 13.8 Å². The predicted octanol–water partition coefficient (Wildman–Crippen LogP) is 0.162. The summed E-state index contributed by atoms with van der Waals surface area (Å²) in [5.41, 5.74) is 0. The van der Waals surface area contributed by atoms with Crippen molar-refractivity contribution in [2.75, 3.05) is 38.9 Å². The van der Waals surface area contributed by atoms with Crippen LogP contribution in [0.3, 0.4) is 0 Å². The van der Waals surface area contributed by atoms with Crippen LogP contribution in [0, 0.1) is 0 Å². The lowest BCUT2D eigenvalue weighted by molar-refractivity contribution is 0.138. The van der Waals surface area contributed by atoms with Crippen molar-refractivity contribution in [2.24, 2.45) is 0 Å². The van der Waals surface area contributed by atoms with Crippen LogP contribution in [0.2, 0.25) is 0 Å². The number of carboxylic acid groups (broad SMARTS) is 1. The van der Waals surface area contributed by atoms with Gasteiger partial charge < -0.3 is 24.7 Å². The molecule has 0 spiro atoms. The first kappa shape index (κ1) is 13.4. The summed E-state index contributed by atoms with van der Waals surface area (Å²) in [7, 11) is -3.96. The molecule has 16 heavy (non-hydrogen) atoms. The van der Waals surface area contributed by atoms with Gasteiger partial charge in [-0.2, -0.15) is 0 Å². The number of carbonyl (C=O) groups is 1. The number of hydrogen-bond donors (Lipinski definition) is 3. The van der Waals surface area contributed by atoms with Gasteiger partial charge in [0.2, 0.25) is 0 Å². The SMILES string of the molecule is O=C(O)OP(=O)(O)CCCN1CCNCC1. The van der Waals surface area contributed by atoms with Crippen LogP contribution in [-0.4, -0.2) is 59.9 Å². The molecule has 1 heterocycles. The summed E-state index contributed by atoms with van der Waals surface area (Å²) in [6, 6.07) is 0. The Morgan fingerprint density at radius 2 is 2.06 bits per heavy atom. The highest BCUT2D eigenvalue weighted by Crippen LogP contribution is 2.42. The molecule has 0 radical (unpaired) electrons. The molecule has 1 aliphatic rings. The molecular formula is C8H17N2O5P. The van der Waals surface area contributed by atoms with Crippen LogP contribution in [0.15, 0.2) is 0 Å². The van der Waals surface area contributed by atoms with E-state index >= 15 is 0 Å². The summed E-state index contributed by atoms with van der Waals surface area (Å²) in [5.74, 6) is 0. The van der Waals surface area contributed by atoms with E-state index in [4.69, 9.17) is 10.00 Å². The van der Waals surface area contributed by atoms with Gasteiger partial charge in [0.1, 0.15) is 0 Å². The third kappa shape index (κ3) is 5.46. The lowest BCUT2D eigenvalue weighted by Gasteiger charge is -2.27. The van der Waals surface area contributed by atoms with Gasteiger partial charge in [0.05, 0.1) is 6.16 Å². The molecule has 0 aromatic carbocycles. The molecule has 3 N–H and O–H groups in total. The van der Waals surface area contributed by atoms with Gasteiger partial charge in [0, 0.05) is 26.2 Å². The maximum atomic E-state index is 11.2. The smallest absolute Gasteiger partial charge is 0.449 e. The number of piperazine rings is 1. The third-order valence-corrected chi connectivity index (χ3v) is 3.67. The van der Waals surface area contributed by atoms with Crippen LogP contribution in [0.5, 0.6) is 0 Å². The van der Waals surface area contributed by atoms with Crippen LogP contribution < -0.4 is 5.32 Å². The highest BCUT2D eigenvalue weighted by molar-refractivity contribution is 7.53. The Bertz CT molecular complexity index is 280. The second kappa shape index (κ2) is 6.20. The van der Waals surface area contributed by atoms with Gasteiger partial charge in [0.25, 0.3) is 0 Å². The first-order valence-electron chi connectivity index (χ1n) is 5.17. The molecule has 1 saturated heterocycles. The highest BCUT2D eigenvalue weighted by atomic mass is 31.2. The summed E-state index contributed by atoms with van der Waals surface area (Å²) in [5, 5.41) is 11.4. The molecule has 1 atom stereocenters. The number of nitrogens with one attached hydrogen (secondary N) is 1. The lowest BCUT2D eigenvalue weighted by Crippen LogP contribution is -2.43. The molecule has 1 aliphatic heterocycles. The topological polar surface area (TPSA) is 99.1 Å². The monoisotopic (exact) mass is 252 g/mol. The van der Waals surface area contributed by atoms with Crippen LogP contribution >= 0.6 is 7.60 Å². The fourth-order valence-corrected chi connectivity index (χ4v) is 2.47. The Morgan fingerprint density at radius 1 is 1.44 bits per heavy atom. The molecule has 94 valence electrons. The number of nitrogens with zero attached hydrogens (tertiary/aromatic N) is 1. The highest BCUT2D eigenvalue weighted by Gasteiger charge is 2.23. The normalized spacial score (nSPS) is 21.3.